The number of amides is 4. The molecule has 25 atom stereocenters. The molecule has 0 spiro atoms. The third kappa shape index (κ3) is 27.2. The van der Waals surface area contributed by atoms with Crippen molar-refractivity contribution < 1.29 is 163 Å². The van der Waals surface area contributed by atoms with Gasteiger partial charge < -0.3 is 155 Å². The highest BCUT2D eigenvalue weighted by Gasteiger charge is 2.54. The molecule has 0 aliphatic carbocycles. The molecule has 5 saturated heterocycles. The summed E-state index contributed by atoms with van der Waals surface area (Å²) in [5, 5.41) is 186. The monoisotopic (exact) mass is 1450 g/mol. The Bertz CT molecular complexity index is 2400. The first kappa shape index (κ1) is 86.7. The van der Waals surface area contributed by atoms with E-state index in [1.165, 1.54) is 4.90 Å². The second-order valence-electron chi connectivity index (χ2n) is 25.5. The SMILES string of the molecule is CCNC(=O)CCCCCCC(=O)CN(CC(=O)CCCCCCC(=O)NCCO[C@H]1O[C@H](CO[C@H]2O[C@H](CO)[C@@H](O)[C@H](O)[C@@H]2O)[C@@H](O)[C@H](O[C@H]2O[C@H](CO)[C@@H](O)[C@H](O)[C@@H]2O)[C@@H]1O)CC(=O)NCCCCCC(=O)NCCO[C@H]1O[C@H](CO)[C@@H](O)[C@H](O)[C@@H]1O[C@H]1O[C@H](CO)[C@@H](O)[C@H](O)[C@@H]1O. The molecule has 0 saturated carbocycles. The molecule has 0 aromatic rings. The first-order valence-electron chi connectivity index (χ1n) is 34.3. The predicted molar refractivity (Wildman–Crippen MR) is 335 cm³/mol. The molecule has 0 aromatic heterocycles. The minimum absolute atomic E-state index is 0.0437. The van der Waals surface area contributed by atoms with Crippen LogP contribution in [0.1, 0.15) is 110 Å². The van der Waals surface area contributed by atoms with Gasteiger partial charge in [-0.15, -0.1) is 0 Å². The summed E-state index contributed by atoms with van der Waals surface area (Å²) in [4.78, 5) is 78.5. The fourth-order valence-electron chi connectivity index (χ4n) is 11.8. The molecule has 100 heavy (non-hydrogen) atoms. The van der Waals surface area contributed by atoms with Crippen LogP contribution < -0.4 is 21.3 Å². The van der Waals surface area contributed by atoms with Crippen molar-refractivity contribution in [3.8, 4) is 0 Å². The fourth-order valence-corrected chi connectivity index (χ4v) is 11.8. The van der Waals surface area contributed by atoms with Crippen LogP contribution in [0.15, 0.2) is 0 Å². The zero-order valence-electron chi connectivity index (χ0n) is 56.2. The summed E-state index contributed by atoms with van der Waals surface area (Å²) in [5.41, 5.74) is 0. The number of carbonyl (C=O) groups excluding carboxylic acids is 6. The Balaban J connectivity index is 1.01. The largest absolute Gasteiger partial charge is 0.394 e. The lowest BCUT2D eigenvalue weighted by molar-refractivity contribution is -0.367. The van der Waals surface area contributed by atoms with Crippen molar-refractivity contribution in [1.29, 1.82) is 0 Å². The summed E-state index contributed by atoms with van der Waals surface area (Å²) in [6.07, 6.45) is -35.3. The van der Waals surface area contributed by atoms with E-state index in [-0.39, 0.29) is 107 Å². The summed E-state index contributed by atoms with van der Waals surface area (Å²) in [7, 11) is 0. The number of carbonyl (C=O) groups is 6. The van der Waals surface area contributed by atoms with Gasteiger partial charge in [-0.2, -0.15) is 0 Å². The van der Waals surface area contributed by atoms with Gasteiger partial charge in [0.1, 0.15) is 134 Å². The Kier molecular flexibility index (Phi) is 39.4. The Morgan fingerprint density at radius 2 is 0.690 bits per heavy atom. The van der Waals surface area contributed by atoms with Crippen LogP contribution in [-0.2, 0) is 76.1 Å². The minimum Gasteiger partial charge on any atom is -0.394 e. The van der Waals surface area contributed by atoms with Gasteiger partial charge in [-0.05, 0) is 45.4 Å². The van der Waals surface area contributed by atoms with Crippen molar-refractivity contribution in [1.82, 2.24) is 26.2 Å². The maximum absolute atomic E-state index is 13.3. The molecular formula is C62H109N5O33. The van der Waals surface area contributed by atoms with Gasteiger partial charge in [-0.3, -0.25) is 33.7 Å². The van der Waals surface area contributed by atoms with Crippen LogP contribution in [0.25, 0.3) is 0 Å². The second-order valence-corrected chi connectivity index (χ2v) is 25.5. The molecule has 0 bridgehead atoms. The number of nitrogens with one attached hydrogen (secondary N) is 4. The molecular weight excluding hydrogens is 1340 g/mol. The number of Topliss-reactive ketones (excluding diaryl/α,β-unsaturated/α-hetero) is 2. The summed E-state index contributed by atoms with van der Waals surface area (Å²) in [5.74, 6) is -1.58. The summed E-state index contributed by atoms with van der Waals surface area (Å²) < 4.78 is 55.8. The normalized spacial score (nSPS) is 34.7. The predicted octanol–water partition coefficient (Wildman–Crippen LogP) is -9.74. The average Bonchev–Trinajstić information content (AvgIpc) is 0.799. The van der Waals surface area contributed by atoms with Crippen LogP contribution >= 0.6 is 0 Å². The van der Waals surface area contributed by atoms with E-state index in [1.807, 2.05) is 6.92 Å². The molecule has 0 aromatic carbocycles. The van der Waals surface area contributed by atoms with Gasteiger partial charge in [0.05, 0.1) is 65.9 Å². The lowest BCUT2D eigenvalue weighted by atomic mass is 9.96. The average molecular weight is 1450 g/mol. The van der Waals surface area contributed by atoms with E-state index in [9.17, 15) is 116 Å². The molecule has 21 N–H and O–H groups in total. The zero-order chi connectivity index (χ0) is 73.6. The molecule has 5 aliphatic heterocycles. The number of hydrogen-bond donors (Lipinski definition) is 21. The van der Waals surface area contributed by atoms with E-state index in [4.69, 9.17) is 47.4 Å². The number of hydrogen-bond acceptors (Lipinski definition) is 34. The van der Waals surface area contributed by atoms with E-state index < -0.39 is 192 Å². The van der Waals surface area contributed by atoms with Crippen molar-refractivity contribution in [2.24, 2.45) is 0 Å². The van der Waals surface area contributed by atoms with Crippen molar-refractivity contribution in [3.05, 3.63) is 0 Å². The Morgan fingerprint density at radius 1 is 0.330 bits per heavy atom. The van der Waals surface area contributed by atoms with E-state index in [0.717, 1.165) is 6.42 Å². The van der Waals surface area contributed by atoms with Gasteiger partial charge in [0.2, 0.25) is 23.6 Å². The molecule has 0 radical (unpaired) electrons. The van der Waals surface area contributed by atoms with Gasteiger partial charge >= 0.3 is 0 Å². The highest BCUT2D eigenvalue weighted by molar-refractivity contribution is 5.85. The Labute approximate surface area is 578 Å². The van der Waals surface area contributed by atoms with Crippen LogP contribution in [0.4, 0.5) is 0 Å². The smallest absolute Gasteiger partial charge is 0.234 e. The summed E-state index contributed by atoms with van der Waals surface area (Å²) in [6, 6.07) is 0. The quantitative estimate of drug-likeness (QED) is 0.0252. The van der Waals surface area contributed by atoms with Crippen LogP contribution in [-0.4, -0.2) is 372 Å². The zero-order valence-corrected chi connectivity index (χ0v) is 56.2. The van der Waals surface area contributed by atoms with E-state index in [1.54, 1.807) is 0 Å². The van der Waals surface area contributed by atoms with Gasteiger partial charge in [0.25, 0.3) is 0 Å². The maximum Gasteiger partial charge on any atom is 0.234 e. The summed E-state index contributed by atoms with van der Waals surface area (Å²) in [6.45, 7) is -2.46. The molecule has 38 nitrogen and oxygen atoms in total. The van der Waals surface area contributed by atoms with Crippen LogP contribution in [0.3, 0.4) is 0 Å². The fraction of sp³-hybridized carbons (Fsp3) is 0.903. The maximum atomic E-state index is 13.3. The van der Waals surface area contributed by atoms with Gasteiger partial charge in [-0.1, -0.05) is 32.1 Å². The molecule has 5 fully saturated rings. The second kappa shape index (κ2) is 45.5. The third-order valence-electron chi connectivity index (χ3n) is 17.6. The molecule has 580 valence electrons. The minimum atomic E-state index is -1.95. The van der Waals surface area contributed by atoms with Gasteiger partial charge in [0, 0.05) is 58.3 Å². The van der Waals surface area contributed by atoms with E-state index in [0.29, 0.717) is 77.2 Å². The molecule has 4 amide bonds. The van der Waals surface area contributed by atoms with E-state index in [2.05, 4.69) is 21.3 Å². The number of rotatable bonds is 46. The number of aliphatic hydroxyl groups excluding tert-OH is 17. The highest BCUT2D eigenvalue weighted by atomic mass is 16.8. The Hall–Kier alpha value is -3.90. The van der Waals surface area contributed by atoms with E-state index >= 15 is 0 Å². The van der Waals surface area contributed by atoms with Crippen LogP contribution in [0.2, 0.25) is 0 Å². The number of ketones is 2. The number of aliphatic hydroxyl groups is 17. The van der Waals surface area contributed by atoms with Crippen molar-refractivity contribution in [2.75, 3.05) is 92.1 Å². The van der Waals surface area contributed by atoms with Crippen LogP contribution in [0.5, 0.6) is 0 Å². The van der Waals surface area contributed by atoms with Gasteiger partial charge in [-0.25, -0.2) is 0 Å². The van der Waals surface area contributed by atoms with Crippen molar-refractivity contribution >= 4 is 35.2 Å². The molecule has 5 aliphatic rings. The number of unbranched alkanes of at least 4 members (excludes halogenated alkanes) is 8. The molecule has 38 heteroatoms. The highest BCUT2D eigenvalue weighted by Crippen LogP contribution is 2.33. The van der Waals surface area contributed by atoms with Crippen LogP contribution in [0, 0.1) is 0 Å². The summed E-state index contributed by atoms with van der Waals surface area (Å²) >= 11 is 0. The van der Waals surface area contributed by atoms with Crippen molar-refractivity contribution in [3.63, 3.8) is 0 Å². The number of nitrogens with zero attached hydrogens (tertiary/aromatic N) is 1. The first-order chi connectivity index (χ1) is 47.8. The van der Waals surface area contributed by atoms with Gasteiger partial charge in [0.15, 0.2) is 31.5 Å². The standard InChI is InChI=1S/C62H109N5O33/c1-2-63-39(74)16-10-5-3-8-14-32(72)24-67(26-42(77)64-19-13-7-12-18-41(76)66-21-23-92-62-57(51(86)46(81)37(30-71)97-62)100-61-54(89)50(85)45(80)36(29-70)96-61)25-33(73)15-9-4-6-11-17-40(75)65-20-22-91-59-55(90)56(99-60-53(88)49(84)44(79)35(28-69)95-60)47(82)38(98-59)31-93-58-52(87)48(83)43(78)34(27-68)94-58/h34-38,43-62,68-71,78-90H,2-31H2,1H3,(H,63,74)(H,64,77)(H,65,75)(H,66,76)/t34-,35-,36-,37-,38-,43-,44-,45-,46-,47-,48+,49+,50+,51+,52+,53+,54+,55+,56+,57+,58+,59+,60-,61-,62+/m1/s1. The molecule has 5 rings (SSSR count). The number of ether oxygens (including phenoxy) is 10. The lowest BCUT2D eigenvalue weighted by Crippen LogP contribution is -2.65. The molecule has 0 unspecified atom stereocenters. The van der Waals surface area contributed by atoms with Crippen molar-refractivity contribution in [2.45, 2.75) is 263 Å². The Morgan fingerprint density at radius 3 is 1.15 bits per heavy atom. The molecule has 5 heterocycles. The first-order valence-corrected chi connectivity index (χ1v) is 34.3. The third-order valence-corrected chi connectivity index (χ3v) is 17.6. The lowest BCUT2D eigenvalue weighted by Gasteiger charge is -2.46. The topological polar surface area (TPSA) is 590 Å².